The molecule has 2 heterocycles. The van der Waals surface area contributed by atoms with Crippen LogP contribution in [0.2, 0.25) is 0 Å². The summed E-state index contributed by atoms with van der Waals surface area (Å²) in [6.45, 7) is 3.67. The molecule has 5 aromatic rings. The highest BCUT2D eigenvalue weighted by atomic mass is 16.3. The Labute approximate surface area is 161 Å². The van der Waals surface area contributed by atoms with Crippen molar-refractivity contribution in [3.05, 3.63) is 78.0 Å². The summed E-state index contributed by atoms with van der Waals surface area (Å²) in [5.74, 6) is 0. The number of benzene rings is 3. The number of furan rings is 1. The topological polar surface area (TPSA) is 17.0 Å². The lowest BCUT2D eigenvalue weighted by Gasteiger charge is -2.06. The van der Waals surface area contributed by atoms with E-state index in [1.807, 2.05) is 36.0 Å². The average Bonchev–Trinajstić information content (AvgIpc) is 3.01. The Morgan fingerprint density at radius 3 is 2.41 bits per heavy atom. The zero-order valence-electron chi connectivity index (χ0n) is 17.7. The van der Waals surface area contributed by atoms with Crippen LogP contribution >= 0.6 is 0 Å². The lowest BCUT2D eigenvalue weighted by molar-refractivity contribution is -0.660. The molecule has 0 saturated heterocycles. The highest BCUT2D eigenvalue weighted by Crippen LogP contribution is 2.36. The van der Waals surface area contributed by atoms with E-state index in [-0.39, 0.29) is 0 Å². The van der Waals surface area contributed by atoms with Gasteiger partial charge in [-0.2, -0.15) is 0 Å². The molecule has 0 spiro atoms. The van der Waals surface area contributed by atoms with Crippen molar-refractivity contribution >= 4 is 32.7 Å². The normalized spacial score (nSPS) is 13.3. The molecule has 0 unspecified atom stereocenters. The second kappa shape index (κ2) is 5.95. The summed E-state index contributed by atoms with van der Waals surface area (Å²) in [6.07, 6.45) is 0.541. The van der Waals surface area contributed by atoms with Crippen molar-refractivity contribution in [1.29, 1.82) is 0 Å². The van der Waals surface area contributed by atoms with Crippen molar-refractivity contribution in [1.82, 2.24) is 0 Å². The van der Waals surface area contributed by atoms with Crippen LogP contribution in [0.15, 0.2) is 71.3 Å². The van der Waals surface area contributed by atoms with E-state index in [1.165, 1.54) is 10.8 Å². The van der Waals surface area contributed by atoms with Gasteiger partial charge in [-0.05, 0) is 59.5 Å². The summed E-state index contributed by atoms with van der Waals surface area (Å²) in [5, 5.41) is 4.54. The zero-order chi connectivity index (χ0) is 20.3. The summed E-state index contributed by atoms with van der Waals surface area (Å²) in [5.41, 5.74) is 5.61. The fourth-order valence-electron chi connectivity index (χ4n) is 3.88. The second-order valence-corrected chi connectivity index (χ2v) is 7.12. The molecule has 0 saturated carbocycles. The van der Waals surface area contributed by atoms with E-state index in [2.05, 4.69) is 49.4 Å². The van der Waals surface area contributed by atoms with Gasteiger partial charge in [-0.3, -0.25) is 0 Å². The maximum atomic E-state index is 8.09. The molecule has 0 fully saturated rings. The zero-order valence-corrected chi connectivity index (χ0v) is 15.7. The largest absolute Gasteiger partial charge is 0.456 e. The summed E-state index contributed by atoms with van der Waals surface area (Å²) < 4.78 is 24.4. The van der Waals surface area contributed by atoms with Crippen LogP contribution < -0.4 is 4.57 Å². The van der Waals surface area contributed by atoms with E-state index in [1.54, 1.807) is 6.92 Å². The van der Waals surface area contributed by atoms with Gasteiger partial charge in [0.1, 0.15) is 18.2 Å². The monoisotopic (exact) mass is 354 g/mol. The molecule has 0 N–H and O–H groups in total. The van der Waals surface area contributed by atoms with Crippen molar-refractivity contribution in [3.8, 4) is 11.3 Å². The van der Waals surface area contributed by atoms with Crippen molar-refractivity contribution < 1.29 is 11.7 Å². The molecule has 2 nitrogen and oxygen atoms in total. The molecule has 0 radical (unpaired) electrons. The first kappa shape index (κ1) is 14.0. The highest BCUT2D eigenvalue weighted by Gasteiger charge is 2.17. The molecule has 5 rings (SSSR count). The predicted molar refractivity (Wildman–Crippen MR) is 112 cm³/mol. The molecule has 132 valence electrons. The number of rotatable bonds is 2. The van der Waals surface area contributed by atoms with E-state index >= 15 is 0 Å². The van der Waals surface area contributed by atoms with Gasteiger partial charge in [-0.15, -0.1) is 0 Å². The Balaban J connectivity index is 1.80. The van der Waals surface area contributed by atoms with Crippen LogP contribution in [0.4, 0.5) is 0 Å². The van der Waals surface area contributed by atoms with E-state index in [9.17, 15) is 0 Å². The van der Waals surface area contributed by atoms with E-state index in [4.69, 9.17) is 7.16 Å². The van der Waals surface area contributed by atoms with Crippen LogP contribution in [0.1, 0.15) is 20.8 Å². The molecule has 0 atom stereocenters. The Kier molecular flexibility index (Phi) is 3.08. The van der Waals surface area contributed by atoms with Crippen molar-refractivity contribution in [3.63, 3.8) is 0 Å². The first-order valence-corrected chi connectivity index (χ1v) is 9.17. The molecule has 3 aromatic carbocycles. The van der Waals surface area contributed by atoms with Gasteiger partial charge in [-0.25, -0.2) is 4.57 Å². The van der Waals surface area contributed by atoms with E-state index in [0.29, 0.717) is 5.56 Å². The fourth-order valence-corrected chi connectivity index (χ4v) is 3.88. The van der Waals surface area contributed by atoms with Gasteiger partial charge >= 0.3 is 0 Å². The third-order valence-electron chi connectivity index (χ3n) is 5.40. The Morgan fingerprint density at radius 1 is 0.926 bits per heavy atom. The molecule has 2 aromatic heterocycles. The van der Waals surface area contributed by atoms with Crippen LogP contribution in [0.5, 0.6) is 0 Å². The fraction of sp³-hybridized carbons (Fsp3) is 0.160. The smallest absolute Gasteiger partial charge is 0.212 e. The molecule has 27 heavy (non-hydrogen) atoms. The summed E-state index contributed by atoms with van der Waals surface area (Å²) >= 11 is 0. The summed E-state index contributed by atoms with van der Waals surface area (Å²) in [4.78, 5) is 0. The molecule has 2 heteroatoms. The standard InChI is InChI=1S/C25H22NO/c1-4-17-9-10-26(3)23(12-17)20-15-22-21-13-18-7-5-6-8-19(18)14-25(21)27-24(22)11-16(20)2/h5-15H,4H2,1-3H3/q+1/i4D2. The minimum Gasteiger partial charge on any atom is -0.456 e. The average molecular weight is 354 g/mol. The van der Waals surface area contributed by atoms with Gasteiger partial charge in [0.15, 0.2) is 6.20 Å². The van der Waals surface area contributed by atoms with Gasteiger partial charge in [0.25, 0.3) is 0 Å². The lowest BCUT2D eigenvalue weighted by Crippen LogP contribution is -2.30. The van der Waals surface area contributed by atoms with Gasteiger partial charge in [0.2, 0.25) is 5.69 Å². The van der Waals surface area contributed by atoms with Crippen LogP contribution in [0.3, 0.4) is 0 Å². The first-order chi connectivity index (χ1) is 13.8. The number of pyridine rings is 1. The maximum absolute atomic E-state index is 8.09. The summed E-state index contributed by atoms with van der Waals surface area (Å²) in [7, 11) is 2.00. The number of nitrogens with zero attached hydrogens (tertiary/aromatic N) is 1. The number of hydrogen-bond acceptors (Lipinski definition) is 1. The van der Waals surface area contributed by atoms with Crippen LogP contribution in [-0.4, -0.2) is 0 Å². The number of hydrogen-bond donors (Lipinski definition) is 0. The number of fused-ring (bicyclic) bond motifs is 4. The van der Waals surface area contributed by atoms with E-state index in [0.717, 1.165) is 38.8 Å². The minimum absolute atomic E-state index is 0.674. The van der Waals surface area contributed by atoms with Crippen molar-refractivity contribution in [2.75, 3.05) is 0 Å². The third kappa shape index (κ3) is 2.52. The SMILES string of the molecule is [2H]C([2H])(C)c1cc[n+](C)c(-c2cc3c(cc2C)oc2cc4ccccc4cc23)c1. The third-order valence-corrected chi connectivity index (χ3v) is 5.40. The van der Waals surface area contributed by atoms with Crippen LogP contribution in [-0.2, 0) is 13.4 Å². The van der Waals surface area contributed by atoms with Gasteiger partial charge in [0, 0.05) is 31.2 Å². The molecular weight excluding hydrogens is 330 g/mol. The molecule has 0 bridgehead atoms. The van der Waals surface area contributed by atoms with Crippen LogP contribution in [0, 0.1) is 6.92 Å². The molecule has 0 aliphatic rings. The van der Waals surface area contributed by atoms with Gasteiger partial charge in [-0.1, -0.05) is 31.2 Å². The minimum atomic E-state index is -1.39. The number of aryl methyl sites for hydroxylation is 3. The Morgan fingerprint density at radius 2 is 1.63 bits per heavy atom. The Hall–Kier alpha value is -3.13. The van der Waals surface area contributed by atoms with Gasteiger partial charge < -0.3 is 4.42 Å². The quantitative estimate of drug-likeness (QED) is 0.350. The molecule has 0 aliphatic heterocycles. The van der Waals surface area contributed by atoms with Gasteiger partial charge in [0.05, 0.1) is 0 Å². The second-order valence-electron chi connectivity index (χ2n) is 7.12. The molecule has 0 aliphatic carbocycles. The highest BCUT2D eigenvalue weighted by molar-refractivity contribution is 6.11. The lowest BCUT2D eigenvalue weighted by atomic mass is 9.99. The van der Waals surface area contributed by atoms with Crippen molar-refractivity contribution in [2.45, 2.75) is 20.2 Å². The maximum Gasteiger partial charge on any atom is 0.212 e. The van der Waals surface area contributed by atoms with E-state index < -0.39 is 6.37 Å². The predicted octanol–water partition coefficient (Wildman–Crippen LogP) is 6.10. The Bertz CT molecular complexity index is 1410. The summed E-state index contributed by atoms with van der Waals surface area (Å²) in [6, 6.07) is 20.7. The van der Waals surface area contributed by atoms with Crippen molar-refractivity contribution in [2.24, 2.45) is 7.05 Å². The molecular formula is C25H22NO+. The van der Waals surface area contributed by atoms with Crippen LogP contribution in [0.25, 0.3) is 44.0 Å². The molecule has 0 amide bonds. The number of aromatic nitrogens is 1. The first-order valence-electron chi connectivity index (χ1n) is 10.2.